The highest BCUT2D eigenvalue weighted by Crippen LogP contribution is 2.59. The van der Waals surface area contributed by atoms with Crippen molar-refractivity contribution in [1.82, 2.24) is 0 Å². The molecule has 3 saturated heterocycles. The molecule has 0 amide bonds. The Labute approximate surface area is 119 Å². The maximum atomic E-state index is 11.6. The van der Waals surface area contributed by atoms with Gasteiger partial charge in [0.05, 0.1) is 13.0 Å². The van der Waals surface area contributed by atoms with E-state index < -0.39 is 11.1 Å². The van der Waals surface area contributed by atoms with Crippen molar-refractivity contribution >= 4 is 15.9 Å². The third-order valence-electron chi connectivity index (χ3n) is 5.40. The van der Waals surface area contributed by atoms with Crippen LogP contribution in [-0.2, 0) is 0 Å². The quantitative estimate of drug-likeness (QED) is 0.334. The molecular formula is C11H17BrN3O4+. The number of hydrogen-bond donors (Lipinski definition) is 0. The average Bonchev–Trinajstić information content (AvgIpc) is 2.65. The van der Waals surface area contributed by atoms with Gasteiger partial charge in [-0.05, 0) is 6.42 Å². The topological polar surface area (TPSA) is 86.3 Å². The highest BCUT2D eigenvalue weighted by atomic mass is 79.9. The SMILES string of the molecule is CCC[N+]12CC3([N+](=O)[O-])CC1C(Br)C([N+](=O)[O-])(C3)C2. The van der Waals surface area contributed by atoms with E-state index >= 15 is 0 Å². The van der Waals surface area contributed by atoms with Crippen molar-refractivity contribution in [3.8, 4) is 0 Å². The number of alkyl halides is 1. The van der Waals surface area contributed by atoms with Crippen molar-refractivity contribution in [2.24, 2.45) is 0 Å². The molecule has 4 fully saturated rings. The highest BCUT2D eigenvalue weighted by Gasteiger charge is 2.85. The summed E-state index contributed by atoms with van der Waals surface area (Å²) in [5, 5.41) is 23.0. The van der Waals surface area contributed by atoms with E-state index in [0.717, 1.165) is 13.0 Å². The van der Waals surface area contributed by atoms with Gasteiger partial charge in [0.1, 0.15) is 17.3 Å². The van der Waals surface area contributed by atoms with E-state index in [0.29, 0.717) is 24.0 Å². The number of piperidine rings is 1. The summed E-state index contributed by atoms with van der Waals surface area (Å²) in [6, 6.07) is 0.0181. The third kappa shape index (κ3) is 1.36. The smallest absolute Gasteiger partial charge is 0.294 e. The predicted octanol–water partition coefficient (Wildman–Crippen LogP) is 1.20. The lowest BCUT2D eigenvalue weighted by atomic mass is 9.73. The van der Waals surface area contributed by atoms with Crippen molar-refractivity contribution in [3.63, 3.8) is 0 Å². The molecule has 19 heavy (non-hydrogen) atoms. The lowest BCUT2D eigenvalue weighted by Gasteiger charge is -2.38. The van der Waals surface area contributed by atoms with E-state index in [9.17, 15) is 20.2 Å². The van der Waals surface area contributed by atoms with Crippen LogP contribution in [0.2, 0.25) is 0 Å². The predicted molar refractivity (Wildman–Crippen MR) is 70.3 cm³/mol. The molecule has 5 unspecified atom stereocenters. The summed E-state index contributed by atoms with van der Waals surface area (Å²) >= 11 is 3.51. The molecule has 7 nitrogen and oxygen atoms in total. The van der Waals surface area contributed by atoms with E-state index in [2.05, 4.69) is 15.9 Å². The molecule has 4 aliphatic rings. The minimum Gasteiger partial charge on any atom is -0.308 e. The molecule has 4 bridgehead atoms. The van der Waals surface area contributed by atoms with Crippen LogP contribution < -0.4 is 0 Å². The minimum absolute atomic E-state index is 0.0181. The Balaban J connectivity index is 2.10. The van der Waals surface area contributed by atoms with Gasteiger partial charge in [-0.15, -0.1) is 0 Å². The summed E-state index contributed by atoms with van der Waals surface area (Å²) in [5.41, 5.74) is -2.22. The Kier molecular flexibility index (Phi) is 2.55. The second kappa shape index (κ2) is 3.66. The molecule has 0 aromatic heterocycles. The van der Waals surface area contributed by atoms with Gasteiger partial charge in [0, 0.05) is 9.85 Å². The fourth-order valence-electron chi connectivity index (χ4n) is 4.94. The molecule has 5 atom stereocenters. The first kappa shape index (κ1) is 13.2. The highest BCUT2D eigenvalue weighted by molar-refractivity contribution is 9.09. The molecule has 1 aliphatic carbocycles. The van der Waals surface area contributed by atoms with Crippen molar-refractivity contribution in [2.75, 3.05) is 19.6 Å². The third-order valence-corrected chi connectivity index (χ3v) is 6.86. The van der Waals surface area contributed by atoms with E-state index in [1.807, 2.05) is 6.92 Å². The minimum atomic E-state index is -1.15. The van der Waals surface area contributed by atoms with Crippen LogP contribution in [0.3, 0.4) is 0 Å². The Bertz CT molecular complexity index is 475. The van der Waals surface area contributed by atoms with Crippen LogP contribution in [-0.4, -0.2) is 55.9 Å². The lowest BCUT2D eigenvalue weighted by molar-refractivity contribution is -0.945. The Morgan fingerprint density at radius 2 is 2.00 bits per heavy atom. The summed E-state index contributed by atoms with van der Waals surface area (Å²) in [4.78, 5) is 22.3. The second-order valence-corrected chi connectivity index (χ2v) is 7.44. The molecule has 8 heteroatoms. The van der Waals surface area contributed by atoms with Crippen molar-refractivity contribution in [3.05, 3.63) is 20.2 Å². The fraction of sp³-hybridized carbons (Fsp3) is 1.00. The van der Waals surface area contributed by atoms with Gasteiger partial charge in [-0.1, -0.05) is 22.9 Å². The zero-order valence-corrected chi connectivity index (χ0v) is 12.3. The number of quaternary nitrogens is 1. The van der Waals surface area contributed by atoms with Gasteiger partial charge in [0.25, 0.3) is 11.1 Å². The van der Waals surface area contributed by atoms with Crippen LogP contribution in [0.5, 0.6) is 0 Å². The van der Waals surface area contributed by atoms with Crippen molar-refractivity contribution < 1.29 is 14.3 Å². The largest absolute Gasteiger partial charge is 0.308 e. The van der Waals surface area contributed by atoms with Gasteiger partial charge in [0.15, 0.2) is 13.1 Å². The Hall–Kier alpha value is -0.760. The van der Waals surface area contributed by atoms with Crippen LogP contribution in [0.4, 0.5) is 0 Å². The van der Waals surface area contributed by atoms with Gasteiger partial charge < -0.3 is 4.48 Å². The van der Waals surface area contributed by atoms with Crippen LogP contribution >= 0.6 is 15.9 Å². The maximum Gasteiger partial charge on any atom is 0.294 e. The zero-order chi connectivity index (χ0) is 14.1. The summed E-state index contributed by atoms with van der Waals surface area (Å²) in [5.74, 6) is 0. The molecule has 0 radical (unpaired) electrons. The number of halogens is 1. The molecule has 3 aliphatic heterocycles. The molecule has 0 aromatic rings. The van der Waals surface area contributed by atoms with Crippen LogP contribution in [0.1, 0.15) is 26.2 Å². The van der Waals surface area contributed by atoms with Crippen LogP contribution in [0.15, 0.2) is 0 Å². The zero-order valence-electron chi connectivity index (χ0n) is 10.7. The first-order valence-corrected chi connectivity index (χ1v) is 7.52. The molecule has 4 rings (SSSR count). The van der Waals surface area contributed by atoms with Crippen molar-refractivity contribution in [1.29, 1.82) is 0 Å². The normalized spacial score (nSPS) is 50.6. The number of hydrogen-bond acceptors (Lipinski definition) is 4. The molecule has 3 heterocycles. The van der Waals surface area contributed by atoms with Crippen molar-refractivity contribution in [2.45, 2.75) is 48.1 Å². The summed E-state index contributed by atoms with van der Waals surface area (Å²) in [6.45, 7) is 3.76. The standard InChI is InChI=1S/C11H17BrN3O4/c1-2-3-15-6-10(13(16)17)4-8(15)9(12)11(5-10,7-15)14(18)19/h8-9H,2-7H2,1H3/q+1. The van der Waals surface area contributed by atoms with Gasteiger partial charge >= 0.3 is 0 Å². The Morgan fingerprint density at radius 1 is 1.32 bits per heavy atom. The fourth-order valence-corrected chi connectivity index (χ4v) is 6.10. The first-order chi connectivity index (χ1) is 8.82. The van der Waals surface area contributed by atoms with Gasteiger partial charge in [-0.25, -0.2) is 0 Å². The first-order valence-electron chi connectivity index (χ1n) is 6.61. The average molecular weight is 335 g/mol. The summed E-state index contributed by atoms with van der Waals surface area (Å²) in [6.07, 6.45) is 1.46. The van der Waals surface area contributed by atoms with E-state index in [4.69, 9.17) is 0 Å². The number of nitrogens with zero attached hydrogens (tertiary/aromatic N) is 3. The molecule has 1 saturated carbocycles. The van der Waals surface area contributed by atoms with E-state index in [1.165, 1.54) is 0 Å². The summed E-state index contributed by atoms with van der Waals surface area (Å²) < 4.78 is 0.564. The number of rotatable bonds is 4. The summed E-state index contributed by atoms with van der Waals surface area (Å²) in [7, 11) is 0. The molecule has 0 spiro atoms. The Morgan fingerprint density at radius 3 is 2.53 bits per heavy atom. The second-order valence-electron chi connectivity index (χ2n) is 6.45. The molecule has 106 valence electrons. The molecule has 0 N–H and O–H groups in total. The monoisotopic (exact) mass is 334 g/mol. The molecular weight excluding hydrogens is 318 g/mol. The van der Waals surface area contributed by atoms with Crippen LogP contribution in [0.25, 0.3) is 0 Å². The van der Waals surface area contributed by atoms with Gasteiger partial charge in [0.2, 0.25) is 0 Å². The van der Waals surface area contributed by atoms with E-state index in [1.54, 1.807) is 0 Å². The maximum absolute atomic E-state index is 11.6. The van der Waals surface area contributed by atoms with Gasteiger partial charge in [-0.3, -0.25) is 20.2 Å². The molecule has 0 aromatic carbocycles. The lowest BCUT2D eigenvalue weighted by Crippen LogP contribution is -2.65. The van der Waals surface area contributed by atoms with E-state index in [-0.39, 0.29) is 27.1 Å². The van der Waals surface area contributed by atoms with Crippen LogP contribution in [0, 0.1) is 20.2 Å². The van der Waals surface area contributed by atoms with Gasteiger partial charge in [-0.2, -0.15) is 0 Å². The number of nitro groups is 2.